The molecule has 2 aliphatic rings. The largest absolute Gasteiger partial charge is 0.399 e. The Morgan fingerprint density at radius 3 is 2.85 bits per heavy atom. The van der Waals surface area contributed by atoms with E-state index < -0.39 is 5.82 Å². The first kappa shape index (κ1) is 12.9. The van der Waals surface area contributed by atoms with Crippen molar-refractivity contribution in [2.45, 2.75) is 25.4 Å². The van der Waals surface area contributed by atoms with Crippen LogP contribution in [0.4, 0.5) is 10.1 Å². The van der Waals surface area contributed by atoms with Crippen LogP contribution < -0.4 is 5.73 Å². The highest BCUT2D eigenvalue weighted by atomic mass is 19.1. The Morgan fingerprint density at radius 1 is 1.30 bits per heavy atom. The van der Waals surface area contributed by atoms with Gasteiger partial charge in [-0.3, -0.25) is 9.59 Å². The third kappa shape index (κ3) is 2.21. The number of nitrogens with two attached hydrogens (primary N) is 1. The lowest BCUT2D eigenvalue weighted by molar-refractivity contribution is -0.154. The highest BCUT2D eigenvalue weighted by Gasteiger charge is 2.41. The van der Waals surface area contributed by atoms with Crippen LogP contribution in [0.3, 0.4) is 0 Å². The lowest BCUT2D eigenvalue weighted by Gasteiger charge is -2.36. The number of piperazine rings is 1. The van der Waals surface area contributed by atoms with E-state index in [1.807, 2.05) is 0 Å². The van der Waals surface area contributed by atoms with Gasteiger partial charge in [0.05, 0.1) is 0 Å². The summed E-state index contributed by atoms with van der Waals surface area (Å²) in [7, 11) is 0. The van der Waals surface area contributed by atoms with Gasteiger partial charge in [0, 0.05) is 18.8 Å². The van der Waals surface area contributed by atoms with E-state index in [-0.39, 0.29) is 30.9 Å². The van der Waals surface area contributed by atoms with Crippen LogP contribution in [-0.4, -0.2) is 40.7 Å². The number of fused-ring (bicyclic) bond motifs is 1. The average Bonchev–Trinajstić information content (AvgIpc) is 2.84. The Kier molecular flexibility index (Phi) is 3.08. The number of hydrogen-bond donors (Lipinski definition) is 1. The van der Waals surface area contributed by atoms with Crippen molar-refractivity contribution < 1.29 is 14.0 Å². The molecule has 2 N–H and O–H groups in total. The molecule has 106 valence electrons. The summed E-state index contributed by atoms with van der Waals surface area (Å²) in [4.78, 5) is 27.5. The zero-order valence-corrected chi connectivity index (χ0v) is 11.0. The van der Waals surface area contributed by atoms with E-state index in [0.29, 0.717) is 24.2 Å². The number of nitrogen functional groups attached to an aromatic ring is 1. The van der Waals surface area contributed by atoms with Crippen molar-refractivity contribution in [3.8, 4) is 0 Å². The molecule has 0 saturated carbocycles. The number of amides is 2. The van der Waals surface area contributed by atoms with Gasteiger partial charge in [-0.15, -0.1) is 0 Å². The first-order chi connectivity index (χ1) is 9.54. The SMILES string of the molecule is Nc1cc(F)cc(CN2CC(=O)N3CCCC3C2=O)c1. The first-order valence-electron chi connectivity index (χ1n) is 6.68. The molecule has 3 rings (SSSR count). The maximum absolute atomic E-state index is 13.3. The molecule has 2 aliphatic heterocycles. The van der Waals surface area contributed by atoms with Crippen molar-refractivity contribution in [1.82, 2.24) is 9.80 Å². The van der Waals surface area contributed by atoms with E-state index >= 15 is 0 Å². The summed E-state index contributed by atoms with van der Waals surface area (Å²) >= 11 is 0. The van der Waals surface area contributed by atoms with E-state index in [1.165, 1.54) is 17.0 Å². The second-order valence-electron chi connectivity index (χ2n) is 5.33. The van der Waals surface area contributed by atoms with Crippen LogP contribution >= 0.6 is 0 Å². The number of anilines is 1. The van der Waals surface area contributed by atoms with E-state index in [2.05, 4.69) is 0 Å². The molecule has 1 aromatic carbocycles. The molecule has 0 aliphatic carbocycles. The van der Waals surface area contributed by atoms with Crippen molar-refractivity contribution in [3.05, 3.63) is 29.6 Å². The maximum atomic E-state index is 13.3. The summed E-state index contributed by atoms with van der Waals surface area (Å²) in [6, 6.07) is 3.87. The van der Waals surface area contributed by atoms with Crippen LogP contribution in [0.1, 0.15) is 18.4 Å². The maximum Gasteiger partial charge on any atom is 0.246 e. The number of carbonyl (C=O) groups is 2. The van der Waals surface area contributed by atoms with Crippen LogP contribution in [0.15, 0.2) is 18.2 Å². The molecule has 2 fully saturated rings. The molecule has 5 nitrogen and oxygen atoms in total. The van der Waals surface area contributed by atoms with Crippen LogP contribution in [0.25, 0.3) is 0 Å². The zero-order valence-electron chi connectivity index (χ0n) is 11.0. The predicted octanol–water partition coefficient (Wildman–Crippen LogP) is 0.741. The Labute approximate surface area is 116 Å². The van der Waals surface area contributed by atoms with Crippen molar-refractivity contribution in [2.24, 2.45) is 0 Å². The quantitative estimate of drug-likeness (QED) is 0.811. The summed E-state index contributed by atoms with van der Waals surface area (Å²) < 4.78 is 13.3. The lowest BCUT2D eigenvalue weighted by Crippen LogP contribution is -2.56. The Hall–Kier alpha value is -2.11. The summed E-state index contributed by atoms with van der Waals surface area (Å²) in [5, 5.41) is 0. The molecule has 2 amide bonds. The molecule has 20 heavy (non-hydrogen) atoms. The van der Waals surface area contributed by atoms with Crippen molar-refractivity contribution in [1.29, 1.82) is 0 Å². The second-order valence-corrected chi connectivity index (χ2v) is 5.33. The van der Waals surface area contributed by atoms with Gasteiger partial charge in [0.25, 0.3) is 0 Å². The minimum atomic E-state index is -0.432. The monoisotopic (exact) mass is 277 g/mol. The summed E-state index contributed by atoms with van der Waals surface area (Å²) in [5.41, 5.74) is 6.52. The molecule has 2 saturated heterocycles. The third-order valence-electron chi connectivity index (χ3n) is 3.85. The molecule has 0 radical (unpaired) electrons. The number of benzene rings is 1. The van der Waals surface area contributed by atoms with E-state index in [0.717, 1.165) is 6.42 Å². The van der Waals surface area contributed by atoms with E-state index in [1.54, 1.807) is 11.0 Å². The number of carbonyl (C=O) groups excluding carboxylic acids is 2. The normalized spacial score (nSPS) is 22.4. The minimum Gasteiger partial charge on any atom is -0.399 e. The van der Waals surface area contributed by atoms with Gasteiger partial charge in [-0.05, 0) is 36.6 Å². The third-order valence-corrected chi connectivity index (χ3v) is 3.85. The van der Waals surface area contributed by atoms with Crippen molar-refractivity contribution in [2.75, 3.05) is 18.8 Å². The van der Waals surface area contributed by atoms with Crippen LogP contribution in [0.5, 0.6) is 0 Å². The molecule has 0 aromatic heterocycles. The summed E-state index contributed by atoms with van der Waals surface area (Å²) in [6.45, 7) is 0.943. The fourth-order valence-electron chi connectivity index (χ4n) is 2.99. The summed E-state index contributed by atoms with van der Waals surface area (Å²) in [6.07, 6.45) is 1.58. The number of nitrogens with zero attached hydrogens (tertiary/aromatic N) is 2. The summed E-state index contributed by atoms with van der Waals surface area (Å²) in [5.74, 6) is -0.514. The van der Waals surface area contributed by atoms with Crippen molar-refractivity contribution >= 4 is 17.5 Å². The van der Waals surface area contributed by atoms with Gasteiger partial charge in [0.2, 0.25) is 11.8 Å². The number of hydrogen-bond acceptors (Lipinski definition) is 3. The Bertz CT molecular complexity index is 555. The van der Waals surface area contributed by atoms with E-state index in [9.17, 15) is 14.0 Å². The standard InChI is InChI=1S/C14H16FN3O2/c15-10-4-9(5-11(16)6-10)7-17-8-13(19)18-3-1-2-12(18)14(17)20/h4-6,12H,1-3,7-8,16H2. The van der Waals surface area contributed by atoms with Crippen LogP contribution in [0.2, 0.25) is 0 Å². The molecular weight excluding hydrogens is 261 g/mol. The average molecular weight is 277 g/mol. The number of halogens is 1. The van der Waals surface area contributed by atoms with E-state index in [4.69, 9.17) is 5.73 Å². The van der Waals surface area contributed by atoms with Gasteiger partial charge >= 0.3 is 0 Å². The highest BCUT2D eigenvalue weighted by Crippen LogP contribution is 2.25. The molecular formula is C14H16FN3O2. The molecule has 2 heterocycles. The van der Waals surface area contributed by atoms with Crippen molar-refractivity contribution in [3.63, 3.8) is 0 Å². The Balaban J connectivity index is 1.80. The van der Waals surface area contributed by atoms with Gasteiger partial charge in [-0.2, -0.15) is 0 Å². The minimum absolute atomic E-state index is 0.0310. The molecule has 1 atom stereocenters. The van der Waals surface area contributed by atoms with Gasteiger partial charge in [0.1, 0.15) is 18.4 Å². The van der Waals surface area contributed by atoms with Crippen LogP contribution in [0, 0.1) is 5.82 Å². The van der Waals surface area contributed by atoms with Gasteiger partial charge < -0.3 is 15.5 Å². The smallest absolute Gasteiger partial charge is 0.246 e. The molecule has 0 bridgehead atoms. The number of rotatable bonds is 2. The fraction of sp³-hybridized carbons (Fsp3) is 0.429. The predicted molar refractivity (Wildman–Crippen MR) is 71.0 cm³/mol. The second kappa shape index (κ2) is 4.77. The molecule has 1 aromatic rings. The topological polar surface area (TPSA) is 66.6 Å². The molecule has 1 unspecified atom stereocenters. The zero-order chi connectivity index (χ0) is 14.3. The van der Waals surface area contributed by atoms with Gasteiger partial charge in [-0.25, -0.2) is 4.39 Å². The Morgan fingerprint density at radius 2 is 2.10 bits per heavy atom. The highest BCUT2D eigenvalue weighted by molar-refractivity contribution is 5.95. The van der Waals surface area contributed by atoms with Gasteiger partial charge in [-0.1, -0.05) is 0 Å². The fourth-order valence-corrected chi connectivity index (χ4v) is 2.99. The molecule has 0 spiro atoms. The van der Waals surface area contributed by atoms with Crippen LogP contribution in [-0.2, 0) is 16.1 Å². The first-order valence-corrected chi connectivity index (χ1v) is 6.68. The lowest BCUT2D eigenvalue weighted by atomic mass is 10.1. The molecule has 6 heteroatoms. The van der Waals surface area contributed by atoms with Gasteiger partial charge in [0.15, 0.2) is 0 Å².